The molecule has 0 aliphatic carbocycles. The number of carbonyl (C=O) groups is 1. The second-order valence-corrected chi connectivity index (χ2v) is 4.57. The van der Waals surface area contributed by atoms with Crippen molar-refractivity contribution < 1.29 is 19.4 Å². The Morgan fingerprint density at radius 2 is 2.05 bits per heavy atom. The number of benzene rings is 2. The molecule has 0 heterocycles. The zero-order valence-corrected chi connectivity index (χ0v) is 11.7. The first-order valence-corrected chi connectivity index (χ1v) is 6.53. The molecule has 0 saturated carbocycles. The average Bonchev–Trinajstić information content (AvgIpc) is 2.43. The number of methoxy groups -OCH3 is 1. The van der Waals surface area contributed by atoms with Crippen LogP contribution in [0.1, 0.15) is 18.1 Å². The molecule has 4 heteroatoms. The van der Waals surface area contributed by atoms with Crippen LogP contribution in [0.2, 0.25) is 0 Å². The van der Waals surface area contributed by atoms with Gasteiger partial charge in [0.1, 0.15) is 5.75 Å². The Bertz CT molecular complexity index is 619. The van der Waals surface area contributed by atoms with Gasteiger partial charge in [0.15, 0.2) is 6.79 Å². The number of hydrogen-bond donors (Lipinski definition) is 1. The summed E-state index contributed by atoms with van der Waals surface area (Å²) in [6, 6.07) is 9.68. The normalized spacial score (nSPS) is 10.7. The molecule has 2 rings (SSSR count). The predicted octanol–water partition coefficient (Wildman–Crippen LogP) is 3.01. The number of hydrogen-bond acceptors (Lipinski definition) is 3. The molecule has 4 nitrogen and oxygen atoms in total. The van der Waals surface area contributed by atoms with Gasteiger partial charge in [0.05, 0.1) is 6.42 Å². The molecule has 0 radical (unpaired) electrons. The molecule has 0 bridgehead atoms. The first-order valence-electron chi connectivity index (χ1n) is 6.53. The van der Waals surface area contributed by atoms with E-state index >= 15 is 0 Å². The van der Waals surface area contributed by atoms with Gasteiger partial charge in [-0.05, 0) is 40.5 Å². The van der Waals surface area contributed by atoms with E-state index < -0.39 is 5.97 Å². The van der Waals surface area contributed by atoms with Crippen LogP contribution < -0.4 is 4.74 Å². The van der Waals surface area contributed by atoms with Crippen molar-refractivity contribution in [3.8, 4) is 5.75 Å². The van der Waals surface area contributed by atoms with E-state index in [9.17, 15) is 4.79 Å². The highest BCUT2D eigenvalue weighted by atomic mass is 16.7. The molecule has 0 fully saturated rings. The van der Waals surface area contributed by atoms with E-state index in [1.54, 1.807) is 13.2 Å². The Kier molecular flexibility index (Phi) is 4.58. The van der Waals surface area contributed by atoms with Crippen LogP contribution in [0.3, 0.4) is 0 Å². The maximum atomic E-state index is 11.1. The van der Waals surface area contributed by atoms with Crippen molar-refractivity contribution in [2.24, 2.45) is 0 Å². The van der Waals surface area contributed by atoms with E-state index in [0.717, 1.165) is 28.3 Å². The quantitative estimate of drug-likeness (QED) is 0.823. The summed E-state index contributed by atoms with van der Waals surface area (Å²) >= 11 is 0. The highest BCUT2D eigenvalue weighted by Crippen LogP contribution is 2.29. The van der Waals surface area contributed by atoms with Gasteiger partial charge in [-0.15, -0.1) is 0 Å². The fraction of sp³-hybridized carbons (Fsp3) is 0.312. The van der Waals surface area contributed by atoms with Crippen molar-refractivity contribution in [3.05, 3.63) is 41.5 Å². The number of carboxylic acids is 1. The van der Waals surface area contributed by atoms with E-state index in [0.29, 0.717) is 5.75 Å². The van der Waals surface area contributed by atoms with Crippen LogP contribution in [0.4, 0.5) is 0 Å². The number of fused-ring (bicyclic) bond motifs is 1. The largest absolute Gasteiger partial charge is 0.481 e. The maximum absolute atomic E-state index is 11.1. The summed E-state index contributed by atoms with van der Waals surface area (Å²) in [6.45, 7) is 2.21. The second-order valence-electron chi connectivity index (χ2n) is 4.57. The van der Waals surface area contributed by atoms with E-state index in [1.165, 1.54) is 0 Å². The van der Waals surface area contributed by atoms with E-state index in [1.807, 2.05) is 24.3 Å². The standard InChI is InChI=1S/C16H18O4/c1-3-11-5-4-6-12-7-14(20-10-19-2)8-13(16(11)12)9-15(17)18/h4-8H,3,9-10H2,1-2H3,(H,17,18). The molecular formula is C16H18O4. The van der Waals surface area contributed by atoms with Crippen molar-refractivity contribution in [2.75, 3.05) is 13.9 Å². The van der Waals surface area contributed by atoms with Crippen LogP contribution in [0.15, 0.2) is 30.3 Å². The van der Waals surface area contributed by atoms with Gasteiger partial charge in [-0.3, -0.25) is 4.79 Å². The van der Waals surface area contributed by atoms with Crippen LogP contribution in [-0.2, 0) is 22.4 Å². The summed E-state index contributed by atoms with van der Waals surface area (Å²) in [5.41, 5.74) is 1.93. The minimum Gasteiger partial charge on any atom is -0.481 e. The SMILES string of the molecule is CCc1cccc2cc(OCOC)cc(CC(=O)O)c12. The maximum Gasteiger partial charge on any atom is 0.307 e. The minimum atomic E-state index is -0.846. The molecule has 0 spiro atoms. The molecule has 0 saturated heterocycles. The molecule has 1 N–H and O–H groups in total. The Hall–Kier alpha value is -2.07. The Balaban J connectivity index is 2.58. The molecule has 2 aromatic rings. The van der Waals surface area contributed by atoms with Gasteiger partial charge in [0.25, 0.3) is 0 Å². The van der Waals surface area contributed by atoms with Gasteiger partial charge in [0, 0.05) is 7.11 Å². The Labute approximate surface area is 117 Å². The van der Waals surface area contributed by atoms with Crippen LogP contribution in [-0.4, -0.2) is 25.0 Å². The van der Waals surface area contributed by atoms with Crippen molar-refractivity contribution in [1.82, 2.24) is 0 Å². The van der Waals surface area contributed by atoms with Gasteiger partial charge < -0.3 is 14.6 Å². The van der Waals surface area contributed by atoms with Gasteiger partial charge in [0.2, 0.25) is 0 Å². The lowest BCUT2D eigenvalue weighted by Crippen LogP contribution is -2.04. The molecule has 20 heavy (non-hydrogen) atoms. The topological polar surface area (TPSA) is 55.8 Å². The molecule has 0 amide bonds. The number of aliphatic carboxylic acids is 1. The van der Waals surface area contributed by atoms with Crippen LogP contribution >= 0.6 is 0 Å². The average molecular weight is 274 g/mol. The molecular weight excluding hydrogens is 256 g/mol. The van der Waals surface area contributed by atoms with Crippen molar-refractivity contribution in [2.45, 2.75) is 19.8 Å². The monoisotopic (exact) mass is 274 g/mol. The van der Waals surface area contributed by atoms with Gasteiger partial charge in [-0.2, -0.15) is 0 Å². The van der Waals surface area contributed by atoms with Crippen molar-refractivity contribution in [1.29, 1.82) is 0 Å². The smallest absolute Gasteiger partial charge is 0.307 e. The summed E-state index contributed by atoms with van der Waals surface area (Å²) in [7, 11) is 1.55. The number of ether oxygens (including phenoxy) is 2. The fourth-order valence-electron chi connectivity index (χ4n) is 2.38. The first-order chi connectivity index (χ1) is 9.65. The third-order valence-corrected chi connectivity index (χ3v) is 3.18. The van der Waals surface area contributed by atoms with Gasteiger partial charge >= 0.3 is 5.97 Å². The summed E-state index contributed by atoms with van der Waals surface area (Å²) < 4.78 is 10.3. The lowest BCUT2D eigenvalue weighted by molar-refractivity contribution is -0.136. The van der Waals surface area contributed by atoms with Gasteiger partial charge in [-0.1, -0.05) is 25.1 Å². The summed E-state index contributed by atoms with van der Waals surface area (Å²) in [6.07, 6.45) is 0.847. The number of carboxylic acid groups (broad SMARTS) is 1. The van der Waals surface area contributed by atoms with Crippen LogP contribution in [0.5, 0.6) is 5.75 Å². The van der Waals surface area contributed by atoms with Crippen LogP contribution in [0.25, 0.3) is 10.8 Å². The third kappa shape index (κ3) is 3.08. The Morgan fingerprint density at radius 1 is 1.25 bits per heavy atom. The molecule has 0 atom stereocenters. The summed E-state index contributed by atoms with van der Waals surface area (Å²) in [4.78, 5) is 11.1. The number of rotatable bonds is 6. The zero-order chi connectivity index (χ0) is 14.5. The predicted molar refractivity (Wildman–Crippen MR) is 77.2 cm³/mol. The molecule has 0 aliphatic heterocycles. The molecule has 0 aliphatic rings. The lowest BCUT2D eigenvalue weighted by Gasteiger charge is -2.13. The molecule has 0 unspecified atom stereocenters. The fourth-order valence-corrected chi connectivity index (χ4v) is 2.38. The highest BCUT2D eigenvalue weighted by molar-refractivity contribution is 5.92. The van der Waals surface area contributed by atoms with Crippen molar-refractivity contribution >= 4 is 16.7 Å². The molecule has 106 valence electrons. The van der Waals surface area contributed by atoms with Gasteiger partial charge in [-0.25, -0.2) is 0 Å². The summed E-state index contributed by atoms with van der Waals surface area (Å²) in [5, 5.41) is 11.1. The summed E-state index contributed by atoms with van der Waals surface area (Å²) in [5.74, 6) is -0.218. The van der Waals surface area contributed by atoms with Crippen LogP contribution in [0, 0.1) is 0 Å². The van der Waals surface area contributed by atoms with Crippen molar-refractivity contribution in [3.63, 3.8) is 0 Å². The van der Waals surface area contributed by atoms with E-state index in [-0.39, 0.29) is 13.2 Å². The third-order valence-electron chi connectivity index (χ3n) is 3.18. The number of aryl methyl sites for hydroxylation is 1. The van der Waals surface area contributed by atoms with E-state index in [4.69, 9.17) is 14.6 Å². The highest BCUT2D eigenvalue weighted by Gasteiger charge is 2.11. The minimum absolute atomic E-state index is 0.0162. The second kappa shape index (κ2) is 6.39. The first kappa shape index (κ1) is 14.3. The molecule has 2 aromatic carbocycles. The zero-order valence-electron chi connectivity index (χ0n) is 11.7. The van der Waals surface area contributed by atoms with E-state index in [2.05, 4.69) is 6.92 Å². The Morgan fingerprint density at radius 3 is 2.70 bits per heavy atom. The lowest BCUT2D eigenvalue weighted by atomic mass is 9.96. The molecule has 0 aromatic heterocycles.